The van der Waals surface area contributed by atoms with Crippen molar-refractivity contribution in [3.63, 3.8) is 0 Å². The van der Waals surface area contributed by atoms with E-state index in [1.165, 1.54) is 17.4 Å². The van der Waals surface area contributed by atoms with Gasteiger partial charge in [-0.15, -0.1) is 0 Å². The monoisotopic (exact) mass is 393 g/mol. The molecule has 8 heteroatoms. The van der Waals surface area contributed by atoms with Crippen LogP contribution in [0.2, 0.25) is 5.02 Å². The van der Waals surface area contributed by atoms with Gasteiger partial charge in [0.1, 0.15) is 5.82 Å². The lowest BCUT2D eigenvalue weighted by Crippen LogP contribution is -2.29. The van der Waals surface area contributed by atoms with Crippen molar-refractivity contribution < 1.29 is 19.8 Å². The lowest BCUT2D eigenvalue weighted by Gasteiger charge is -2.23. The molecule has 1 aliphatic rings. The number of hydrogen-bond acceptors (Lipinski definition) is 5. The summed E-state index contributed by atoms with van der Waals surface area (Å²) < 4.78 is 0. The van der Waals surface area contributed by atoms with E-state index < -0.39 is 11.9 Å². The van der Waals surface area contributed by atoms with Gasteiger partial charge >= 0.3 is 11.9 Å². The number of aliphatic carboxylic acids is 2. The van der Waals surface area contributed by atoms with E-state index in [0.717, 1.165) is 48.1 Å². The Hall–Kier alpha value is -2.38. The summed E-state index contributed by atoms with van der Waals surface area (Å²) in [6.07, 6.45) is 1.18. The highest BCUT2D eigenvalue weighted by atomic mass is 35.5. The Morgan fingerprint density at radius 1 is 1.07 bits per heavy atom. The van der Waals surface area contributed by atoms with E-state index in [1.807, 2.05) is 6.07 Å². The van der Waals surface area contributed by atoms with Gasteiger partial charge in [0.25, 0.3) is 0 Å². The van der Waals surface area contributed by atoms with Crippen LogP contribution >= 0.6 is 11.6 Å². The number of hydrogen-bond donors (Lipinski definition) is 2. The van der Waals surface area contributed by atoms with Gasteiger partial charge in [-0.2, -0.15) is 0 Å². The molecule has 2 aromatic rings. The molecule has 0 spiro atoms. The van der Waals surface area contributed by atoms with Crippen LogP contribution in [-0.2, 0) is 9.59 Å². The molecule has 3 rings (SSSR count). The number of nitrogens with zero attached hydrogens (tertiary/aromatic N) is 3. The van der Waals surface area contributed by atoms with Crippen LogP contribution in [0.4, 0.5) is 5.82 Å². The maximum atomic E-state index is 9.10. The lowest BCUT2D eigenvalue weighted by atomic mass is 10.1. The number of carbonyl (C=O) groups is 2. The van der Waals surface area contributed by atoms with Crippen molar-refractivity contribution in [1.82, 2.24) is 9.88 Å². The van der Waals surface area contributed by atoms with Crippen LogP contribution in [-0.4, -0.2) is 65.3 Å². The third kappa shape index (κ3) is 5.30. The van der Waals surface area contributed by atoms with E-state index in [4.69, 9.17) is 36.4 Å². The zero-order valence-electron chi connectivity index (χ0n) is 15.7. The summed E-state index contributed by atoms with van der Waals surface area (Å²) in [6.45, 7) is 8.57. The third-order valence-corrected chi connectivity index (χ3v) is 5.00. The largest absolute Gasteiger partial charge is 0.473 e. The number of aryl methyl sites for hydroxylation is 2. The second-order valence-electron chi connectivity index (χ2n) is 6.62. The second-order valence-corrected chi connectivity index (χ2v) is 7.03. The molecule has 2 heterocycles. The Morgan fingerprint density at radius 3 is 2.37 bits per heavy atom. The molecule has 146 valence electrons. The van der Waals surface area contributed by atoms with Gasteiger partial charge in [-0.05, 0) is 57.1 Å². The molecular weight excluding hydrogens is 370 g/mol. The van der Waals surface area contributed by atoms with Crippen molar-refractivity contribution in [3.05, 3.63) is 34.3 Å². The summed E-state index contributed by atoms with van der Waals surface area (Å²) >= 11 is 6.26. The average Bonchev–Trinajstić information content (AvgIpc) is 2.83. The number of rotatable bonds is 1. The fourth-order valence-corrected chi connectivity index (χ4v) is 3.15. The zero-order chi connectivity index (χ0) is 20.1. The van der Waals surface area contributed by atoms with Crippen LogP contribution in [0.5, 0.6) is 0 Å². The van der Waals surface area contributed by atoms with Crippen molar-refractivity contribution in [2.75, 3.05) is 38.1 Å². The van der Waals surface area contributed by atoms with Gasteiger partial charge in [0.15, 0.2) is 0 Å². The Labute approximate surface area is 163 Å². The number of halogens is 1. The van der Waals surface area contributed by atoms with Crippen molar-refractivity contribution in [2.24, 2.45) is 0 Å². The molecule has 1 aromatic heterocycles. The minimum absolute atomic E-state index is 0.794. The maximum absolute atomic E-state index is 9.10. The van der Waals surface area contributed by atoms with E-state index in [2.05, 4.69) is 42.8 Å². The van der Waals surface area contributed by atoms with Gasteiger partial charge in [-0.1, -0.05) is 17.7 Å². The Bertz CT molecular complexity index is 844. The fourth-order valence-electron chi connectivity index (χ4n) is 2.99. The number of carboxylic acids is 2. The number of carboxylic acid groups (broad SMARTS) is 2. The number of aromatic nitrogens is 1. The van der Waals surface area contributed by atoms with E-state index in [1.54, 1.807) is 0 Å². The molecule has 1 saturated heterocycles. The van der Waals surface area contributed by atoms with Gasteiger partial charge in [0, 0.05) is 30.0 Å². The molecule has 0 amide bonds. The summed E-state index contributed by atoms with van der Waals surface area (Å²) in [5.41, 5.74) is 3.38. The normalized spacial score (nSPS) is 15.0. The molecule has 1 aliphatic heterocycles. The predicted octanol–water partition coefficient (Wildman–Crippen LogP) is 2.80. The van der Waals surface area contributed by atoms with Crippen LogP contribution in [0.25, 0.3) is 10.9 Å². The Morgan fingerprint density at radius 2 is 1.74 bits per heavy atom. The van der Waals surface area contributed by atoms with Crippen LogP contribution < -0.4 is 4.90 Å². The average molecular weight is 394 g/mol. The van der Waals surface area contributed by atoms with Crippen LogP contribution in [0.1, 0.15) is 17.5 Å². The first-order valence-electron chi connectivity index (χ1n) is 8.67. The smallest absolute Gasteiger partial charge is 0.414 e. The molecule has 1 fully saturated rings. The number of fused-ring (bicyclic) bond motifs is 1. The summed E-state index contributed by atoms with van der Waals surface area (Å²) in [4.78, 5) is 27.9. The van der Waals surface area contributed by atoms with Gasteiger partial charge in [-0.3, -0.25) is 0 Å². The maximum Gasteiger partial charge on any atom is 0.414 e. The van der Waals surface area contributed by atoms with Gasteiger partial charge in [-0.25, -0.2) is 14.6 Å². The van der Waals surface area contributed by atoms with Crippen molar-refractivity contribution in [1.29, 1.82) is 0 Å². The zero-order valence-corrected chi connectivity index (χ0v) is 16.5. The minimum Gasteiger partial charge on any atom is -0.473 e. The van der Waals surface area contributed by atoms with E-state index >= 15 is 0 Å². The van der Waals surface area contributed by atoms with Crippen molar-refractivity contribution in [3.8, 4) is 0 Å². The molecule has 27 heavy (non-hydrogen) atoms. The van der Waals surface area contributed by atoms with Crippen molar-refractivity contribution >= 4 is 40.3 Å². The summed E-state index contributed by atoms with van der Waals surface area (Å²) in [5, 5.41) is 16.8. The molecular formula is C19H24ClN3O4. The first-order valence-corrected chi connectivity index (χ1v) is 9.04. The van der Waals surface area contributed by atoms with Gasteiger partial charge < -0.3 is 20.0 Å². The van der Waals surface area contributed by atoms with E-state index in [0.29, 0.717) is 0 Å². The third-order valence-electron chi connectivity index (χ3n) is 4.59. The van der Waals surface area contributed by atoms with E-state index in [9.17, 15) is 0 Å². The van der Waals surface area contributed by atoms with Gasteiger partial charge in [0.05, 0.1) is 5.52 Å². The van der Waals surface area contributed by atoms with E-state index in [-0.39, 0.29) is 0 Å². The SMILES string of the molecule is Cc1cc(N2CCCN(C)CC2)nc2c(C)c(Cl)ccc12.O=C(O)C(=O)O. The summed E-state index contributed by atoms with van der Waals surface area (Å²) in [5.74, 6) is -2.56. The lowest BCUT2D eigenvalue weighted by molar-refractivity contribution is -0.159. The van der Waals surface area contributed by atoms with Crippen LogP contribution in [0.15, 0.2) is 18.2 Å². The standard InChI is InChI=1S/C17H22ClN3.C2H2O4/c1-12-11-16(21-8-4-7-20(3)9-10-21)19-17-13(2)15(18)6-5-14(12)17;3-1(4)2(5)6/h5-6,11H,4,7-10H2,1-3H3;(H,3,4)(H,5,6). The van der Waals surface area contributed by atoms with Crippen molar-refractivity contribution in [2.45, 2.75) is 20.3 Å². The molecule has 7 nitrogen and oxygen atoms in total. The number of pyridine rings is 1. The Kier molecular flexibility index (Phi) is 6.98. The van der Waals surface area contributed by atoms with Crippen LogP contribution in [0, 0.1) is 13.8 Å². The quantitative estimate of drug-likeness (QED) is 0.719. The molecule has 0 atom stereocenters. The Balaban J connectivity index is 0.000000380. The highest BCUT2D eigenvalue weighted by molar-refractivity contribution is 6.32. The first-order chi connectivity index (χ1) is 12.7. The highest BCUT2D eigenvalue weighted by Crippen LogP contribution is 2.29. The predicted molar refractivity (Wildman–Crippen MR) is 106 cm³/mol. The topological polar surface area (TPSA) is 94.0 Å². The number of likely N-dealkylation sites (N-methyl/N-ethyl adjacent to an activating group) is 1. The van der Waals surface area contributed by atoms with Gasteiger partial charge in [0.2, 0.25) is 0 Å². The van der Waals surface area contributed by atoms with Crippen LogP contribution in [0.3, 0.4) is 0 Å². The molecule has 2 N–H and O–H groups in total. The molecule has 1 aromatic carbocycles. The summed E-state index contributed by atoms with van der Waals surface area (Å²) in [7, 11) is 2.19. The molecule has 0 radical (unpaired) electrons. The summed E-state index contributed by atoms with van der Waals surface area (Å²) in [6, 6.07) is 6.25. The fraction of sp³-hybridized carbons (Fsp3) is 0.421. The second kappa shape index (κ2) is 9.01. The molecule has 0 saturated carbocycles. The highest BCUT2D eigenvalue weighted by Gasteiger charge is 2.16. The molecule has 0 unspecified atom stereocenters. The number of benzene rings is 1. The molecule has 0 aliphatic carbocycles. The molecule has 0 bridgehead atoms. The minimum atomic E-state index is -1.82. The first kappa shape index (κ1) is 20.9. The number of anilines is 1.